The summed E-state index contributed by atoms with van der Waals surface area (Å²) in [7, 11) is -3.79. The van der Waals surface area contributed by atoms with Crippen molar-refractivity contribution < 1.29 is 17.2 Å². The fourth-order valence-electron chi connectivity index (χ4n) is 2.95. The van der Waals surface area contributed by atoms with Crippen LogP contribution in [0.2, 0.25) is 5.02 Å². The van der Waals surface area contributed by atoms with Gasteiger partial charge in [0.15, 0.2) is 5.58 Å². The molecule has 4 nitrogen and oxygen atoms in total. The summed E-state index contributed by atoms with van der Waals surface area (Å²) in [6, 6.07) is 7.69. The zero-order valence-corrected chi connectivity index (χ0v) is 14.0. The van der Waals surface area contributed by atoms with Crippen molar-refractivity contribution >= 4 is 32.4 Å². The van der Waals surface area contributed by atoms with Crippen LogP contribution in [0.3, 0.4) is 0 Å². The van der Waals surface area contributed by atoms with Gasteiger partial charge in [0.2, 0.25) is 9.84 Å². The third kappa shape index (κ3) is 2.42. The van der Waals surface area contributed by atoms with Crippen molar-refractivity contribution in [2.75, 3.05) is 6.54 Å². The summed E-state index contributed by atoms with van der Waals surface area (Å²) < 4.78 is 44.5. The van der Waals surface area contributed by atoms with E-state index in [1.54, 1.807) is 6.07 Å². The van der Waals surface area contributed by atoms with Gasteiger partial charge in [-0.3, -0.25) is 0 Å². The van der Waals surface area contributed by atoms with Gasteiger partial charge in [0.05, 0.1) is 14.8 Å². The normalized spacial score (nSPS) is 14.8. The van der Waals surface area contributed by atoms with E-state index >= 15 is 0 Å². The first kappa shape index (κ1) is 15.6. The Bertz CT molecular complexity index is 1040. The van der Waals surface area contributed by atoms with Gasteiger partial charge in [0, 0.05) is 30.5 Å². The first-order valence-corrected chi connectivity index (χ1v) is 9.28. The quantitative estimate of drug-likeness (QED) is 0.703. The van der Waals surface area contributed by atoms with E-state index in [-0.39, 0.29) is 14.8 Å². The molecule has 0 aliphatic carbocycles. The maximum atomic E-state index is 13.1. The van der Waals surface area contributed by atoms with Crippen molar-refractivity contribution in [3.63, 3.8) is 0 Å². The van der Waals surface area contributed by atoms with E-state index in [1.807, 2.05) is 0 Å². The number of furan rings is 1. The summed E-state index contributed by atoms with van der Waals surface area (Å²) in [5.74, 6) is 0.347. The molecule has 0 fully saturated rings. The van der Waals surface area contributed by atoms with E-state index in [0.29, 0.717) is 17.5 Å². The molecule has 4 rings (SSSR count). The largest absolute Gasteiger partial charge is 0.459 e. The number of nitrogens with one attached hydrogen (secondary N) is 1. The van der Waals surface area contributed by atoms with Crippen LogP contribution >= 0.6 is 11.6 Å². The van der Waals surface area contributed by atoms with Crippen molar-refractivity contribution in [1.82, 2.24) is 5.32 Å². The minimum absolute atomic E-state index is 0.0230. The highest BCUT2D eigenvalue weighted by Crippen LogP contribution is 2.36. The van der Waals surface area contributed by atoms with E-state index < -0.39 is 15.7 Å². The summed E-state index contributed by atoms with van der Waals surface area (Å²) in [6.45, 7) is 1.42. The molecule has 3 aromatic rings. The topological polar surface area (TPSA) is 59.3 Å². The third-order valence-electron chi connectivity index (χ3n) is 4.17. The number of benzene rings is 2. The van der Waals surface area contributed by atoms with Gasteiger partial charge in [-0.05, 0) is 36.4 Å². The van der Waals surface area contributed by atoms with Gasteiger partial charge in [-0.1, -0.05) is 11.6 Å². The fourth-order valence-corrected chi connectivity index (χ4v) is 4.58. The molecule has 124 valence electrons. The SMILES string of the molecule is O=S(=O)(c1ccc(F)cc1)c1cc(Cl)c2oc3c(c2c1)CNCC3. The summed E-state index contributed by atoms with van der Waals surface area (Å²) in [5, 5.41) is 4.19. The van der Waals surface area contributed by atoms with Crippen LogP contribution in [-0.2, 0) is 22.8 Å². The van der Waals surface area contributed by atoms with Crippen molar-refractivity contribution in [3.8, 4) is 0 Å². The van der Waals surface area contributed by atoms with Crippen LogP contribution in [0, 0.1) is 5.82 Å². The Balaban J connectivity index is 1.92. The maximum absolute atomic E-state index is 13.1. The molecule has 24 heavy (non-hydrogen) atoms. The van der Waals surface area contributed by atoms with Gasteiger partial charge in [0.1, 0.15) is 11.6 Å². The lowest BCUT2D eigenvalue weighted by Gasteiger charge is -2.11. The molecular formula is C17H13ClFNO3S. The highest BCUT2D eigenvalue weighted by atomic mass is 35.5. The number of sulfone groups is 1. The molecule has 0 amide bonds. The number of halogens is 2. The van der Waals surface area contributed by atoms with Gasteiger partial charge < -0.3 is 9.73 Å². The van der Waals surface area contributed by atoms with Crippen molar-refractivity contribution in [2.24, 2.45) is 0 Å². The van der Waals surface area contributed by atoms with Gasteiger partial charge in [-0.15, -0.1) is 0 Å². The van der Waals surface area contributed by atoms with E-state index in [9.17, 15) is 12.8 Å². The molecule has 0 atom stereocenters. The first-order valence-electron chi connectivity index (χ1n) is 7.42. The molecule has 7 heteroatoms. The maximum Gasteiger partial charge on any atom is 0.206 e. The average molecular weight is 366 g/mol. The van der Waals surface area contributed by atoms with Crippen LogP contribution < -0.4 is 5.32 Å². The second-order valence-electron chi connectivity index (χ2n) is 5.67. The first-order chi connectivity index (χ1) is 11.5. The van der Waals surface area contributed by atoms with Crippen molar-refractivity contribution in [2.45, 2.75) is 22.8 Å². The van der Waals surface area contributed by atoms with Crippen LogP contribution in [-0.4, -0.2) is 15.0 Å². The second-order valence-corrected chi connectivity index (χ2v) is 8.03. The highest BCUT2D eigenvalue weighted by Gasteiger charge is 2.24. The molecule has 0 radical (unpaired) electrons. The zero-order chi connectivity index (χ0) is 16.9. The zero-order valence-electron chi connectivity index (χ0n) is 12.5. The van der Waals surface area contributed by atoms with E-state index in [4.69, 9.17) is 16.0 Å². The second kappa shape index (κ2) is 5.58. The van der Waals surface area contributed by atoms with Crippen molar-refractivity contribution in [3.05, 3.63) is 58.6 Å². The van der Waals surface area contributed by atoms with Gasteiger partial charge in [-0.25, -0.2) is 12.8 Å². The van der Waals surface area contributed by atoms with E-state index in [1.165, 1.54) is 18.2 Å². The molecule has 2 heterocycles. The fraction of sp³-hybridized carbons (Fsp3) is 0.176. The molecule has 2 aromatic carbocycles. The van der Waals surface area contributed by atoms with Gasteiger partial charge in [0.25, 0.3) is 0 Å². The minimum Gasteiger partial charge on any atom is -0.459 e. The van der Waals surface area contributed by atoms with Crippen LogP contribution in [0.5, 0.6) is 0 Å². The lowest BCUT2D eigenvalue weighted by molar-refractivity contribution is 0.500. The van der Waals surface area contributed by atoms with Crippen LogP contribution in [0.25, 0.3) is 11.0 Å². The Morgan fingerprint density at radius 2 is 1.88 bits per heavy atom. The Morgan fingerprint density at radius 3 is 2.62 bits per heavy atom. The van der Waals surface area contributed by atoms with Crippen molar-refractivity contribution in [1.29, 1.82) is 0 Å². The molecule has 0 bridgehead atoms. The monoisotopic (exact) mass is 365 g/mol. The van der Waals surface area contributed by atoms with Gasteiger partial charge in [-0.2, -0.15) is 0 Å². The number of hydrogen-bond acceptors (Lipinski definition) is 4. The highest BCUT2D eigenvalue weighted by molar-refractivity contribution is 7.91. The van der Waals surface area contributed by atoms with Gasteiger partial charge >= 0.3 is 0 Å². The van der Waals surface area contributed by atoms with Crippen LogP contribution in [0.1, 0.15) is 11.3 Å². The Morgan fingerprint density at radius 1 is 1.12 bits per heavy atom. The molecular weight excluding hydrogens is 353 g/mol. The molecule has 0 saturated carbocycles. The number of rotatable bonds is 2. The predicted molar refractivity (Wildman–Crippen MR) is 88.5 cm³/mol. The minimum atomic E-state index is -3.79. The molecule has 1 aliphatic rings. The standard InChI is InChI=1S/C17H13ClFNO3S/c18-15-8-12(24(21,22)11-3-1-10(19)2-4-11)7-13-14-9-20-6-5-16(14)23-17(13)15/h1-4,7-8,20H,5-6,9H2. The Kier molecular flexibility index (Phi) is 3.63. The van der Waals surface area contributed by atoms with E-state index in [0.717, 1.165) is 36.4 Å². The summed E-state index contributed by atoms with van der Waals surface area (Å²) in [4.78, 5) is 0.0931. The molecule has 0 saturated heterocycles. The molecule has 1 N–H and O–H groups in total. The van der Waals surface area contributed by atoms with E-state index in [2.05, 4.69) is 5.32 Å². The average Bonchev–Trinajstić information content (AvgIpc) is 2.95. The Hall–Kier alpha value is -1.89. The summed E-state index contributed by atoms with van der Waals surface area (Å²) >= 11 is 6.26. The summed E-state index contributed by atoms with van der Waals surface area (Å²) in [5.41, 5.74) is 1.44. The summed E-state index contributed by atoms with van der Waals surface area (Å²) in [6.07, 6.45) is 0.736. The molecule has 1 aromatic heterocycles. The third-order valence-corrected chi connectivity index (χ3v) is 6.20. The smallest absolute Gasteiger partial charge is 0.206 e. The Labute approximate surface area is 143 Å². The lowest BCUT2D eigenvalue weighted by Crippen LogP contribution is -2.22. The predicted octanol–water partition coefficient (Wildman–Crippen LogP) is 3.70. The van der Waals surface area contributed by atoms with Crippen LogP contribution in [0.4, 0.5) is 4.39 Å². The number of fused-ring (bicyclic) bond motifs is 3. The molecule has 0 spiro atoms. The molecule has 1 aliphatic heterocycles. The van der Waals surface area contributed by atoms with Crippen LogP contribution in [0.15, 0.2) is 50.6 Å². The lowest BCUT2D eigenvalue weighted by atomic mass is 10.1. The number of hydrogen-bond donors (Lipinski definition) is 1. The molecule has 0 unspecified atom stereocenters.